The van der Waals surface area contributed by atoms with Crippen LogP contribution in [-0.4, -0.2) is 40.9 Å². The monoisotopic (exact) mass is 826 g/mol. The van der Waals surface area contributed by atoms with Crippen molar-refractivity contribution in [2.75, 3.05) is 26.2 Å². The van der Waals surface area contributed by atoms with Gasteiger partial charge in [0.05, 0.1) is 6.61 Å². The minimum absolute atomic E-state index is 0.482. The predicted octanol–water partition coefficient (Wildman–Crippen LogP) is 18.5. The largest absolute Gasteiger partial charge is 0.328 e. The first-order valence-electron chi connectivity index (χ1n) is 26.7. The molecule has 0 aromatic carbocycles. The summed E-state index contributed by atoms with van der Waals surface area (Å²) in [6.07, 6.45) is 65.4. The Morgan fingerprint density at radius 2 is 0.439 bits per heavy atom. The highest BCUT2D eigenvalue weighted by atomic mass is 31.2. The Labute approximate surface area is 362 Å². The average Bonchev–Trinajstić information content (AvgIpc) is 3.21. The smallest absolute Gasteiger partial charge is 0.327 e. The second-order valence-electron chi connectivity index (χ2n) is 18.5. The van der Waals surface area contributed by atoms with Crippen molar-refractivity contribution in [3.05, 3.63) is 0 Å². The lowest BCUT2D eigenvalue weighted by molar-refractivity contribution is 0.248. The van der Waals surface area contributed by atoms with Gasteiger partial charge in [-0.05, 0) is 45.3 Å². The maximum absolute atomic E-state index is 8.77. The van der Waals surface area contributed by atoms with Crippen LogP contribution in [0.4, 0.5) is 0 Å². The van der Waals surface area contributed by atoms with E-state index < -0.39 is 8.60 Å². The molecule has 2 N–H and O–H groups in total. The third kappa shape index (κ3) is 52.3. The molecule has 0 atom stereocenters. The van der Waals surface area contributed by atoms with E-state index in [0.29, 0.717) is 6.61 Å². The van der Waals surface area contributed by atoms with Crippen LogP contribution in [0.2, 0.25) is 0 Å². The zero-order chi connectivity index (χ0) is 41.2. The van der Waals surface area contributed by atoms with Crippen LogP contribution in [0.25, 0.3) is 0 Å². The summed E-state index contributed by atoms with van der Waals surface area (Å²) in [5.41, 5.74) is 0. The molecular formula is C52H108NO3P. The molecule has 0 aliphatic heterocycles. The molecule has 0 aromatic heterocycles. The molecule has 0 radical (unpaired) electrons. The molecule has 4 nitrogen and oxygen atoms in total. The van der Waals surface area contributed by atoms with E-state index in [2.05, 4.69) is 18.7 Å². The van der Waals surface area contributed by atoms with Gasteiger partial charge >= 0.3 is 8.60 Å². The fraction of sp³-hybridized carbons (Fsp3) is 1.00. The molecule has 5 heteroatoms. The summed E-state index contributed by atoms with van der Waals surface area (Å²) in [5.74, 6) is 0. The maximum atomic E-state index is 8.77. The Morgan fingerprint density at radius 3 is 0.632 bits per heavy atom. The van der Waals surface area contributed by atoms with Crippen molar-refractivity contribution in [2.45, 2.75) is 309 Å². The summed E-state index contributed by atoms with van der Waals surface area (Å²) < 4.78 is 4.84. The summed E-state index contributed by atoms with van der Waals surface area (Å²) in [7, 11) is -2.16. The van der Waals surface area contributed by atoms with Gasteiger partial charge in [-0.15, -0.1) is 0 Å². The number of hydrogen-bond donors (Lipinski definition) is 2. The molecule has 57 heavy (non-hydrogen) atoms. The second-order valence-corrected chi connectivity index (χ2v) is 19.2. The van der Waals surface area contributed by atoms with Gasteiger partial charge in [-0.3, -0.25) is 0 Å². The minimum atomic E-state index is -2.16. The average molecular weight is 826 g/mol. The predicted molar refractivity (Wildman–Crippen MR) is 257 cm³/mol. The number of rotatable bonds is 52. The number of nitrogens with zero attached hydrogens (tertiary/aromatic N) is 1. The van der Waals surface area contributed by atoms with Gasteiger partial charge in [0.15, 0.2) is 0 Å². The van der Waals surface area contributed by atoms with Crippen molar-refractivity contribution in [3.8, 4) is 0 Å². The molecule has 0 bridgehead atoms. The van der Waals surface area contributed by atoms with Gasteiger partial charge in [0.2, 0.25) is 0 Å². The zero-order valence-electron chi connectivity index (χ0n) is 39.6. The fourth-order valence-electron chi connectivity index (χ4n) is 8.81. The van der Waals surface area contributed by atoms with Crippen LogP contribution in [0.5, 0.6) is 0 Å². The minimum Gasteiger partial charge on any atom is -0.328 e. The van der Waals surface area contributed by atoms with Crippen LogP contribution in [0, 0.1) is 0 Å². The van der Waals surface area contributed by atoms with E-state index >= 15 is 0 Å². The van der Waals surface area contributed by atoms with E-state index in [1.807, 2.05) is 0 Å². The third-order valence-electron chi connectivity index (χ3n) is 12.7. The summed E-state index contributed by atoms with van der Waals surface area (Å²) in [5, 5.41) is 0. The molecule has 0 saturated heterocycles. The van der Waals surface area contributed by atoms with Crippen LogP contribution in [0.1, 0.15) is 309 Å². The standard InChI is InChI=1S/C52H108NO3P/c1-3-5-7-9-11-13-15-17-19-21-25-29-33-37-41-45-49-53(50-46-42-38-34-30-26-22-20-18-16-14-12-10-8-6-4-2)51-47-43-39-35-31-27-23-24-28-32-36-40-44-48-52-56-57(54)55/h54-55H,3-52H2,1-2H3. The molecule has 0 aromatic rings. The number of unbranched alkanes of at least 4 members (excludes halogenated alkanes) is 43. The summed E-state index contributed by atoms with van der Waals surface area (Å²) >= 11 is 0. The number of hydrogen-bond acceptors (Lipinski definition) is 4. The second kappa shape index (κ2) is 52.4. The lowest BCUT2D eigenvalue weighted by Crippen LogP contribution is -2.27. The van der Waals surface area contributed by atoms with Crippen molar-refractivity contribution in [1.82, 2.24) is 4.90 Å². The SMILES string of the molecule is CCCCCCCCCCCCCCCCCCN(CCCCCCCCCCCCCCCCCC)CCCCCCCCCCCCCCCCOP(O)O. The van der Waals surface area contributed by atoms with Crippen LogP contribution >= 0.6 is 8.60 Å². The van der Waals surface area contributed by atoms with Crippen molar-refractivity contribution in [1.29, 1.82) is 0 Å². The Balaban J connectivity index is 3.95. The first kappa shape index (κ1) is 57.3. The van der Waals surface area contributed by atoms with Crippen molar-refractivity contribution < 1.29 is 14.3 Å². The van der Waals surface area contributed by atoms with E-state index in [9.17, 15) is 0 Å². The van der Waals surface area contributed by atoms with Crippen LogP contribution in [-0.2, 0) is 4.52 Å². The summed E-state index contributed by atoms with van der Waals surface area (Å²) in [6.45, 7) is 9.14. The molecule has 0 fully saturated rings. The van der Waals surface area contributed by atoms with Crippen molar-refractivity contribution >= 4 is 8.60 Å². The third-order valence-corrected chi connectivity index (χ3v) is 13.1. The normalized spacial score (nSPS) is 11.9. The molecule has 0 heterocycles. The van der Waals surface area contributed by atoms with Crippen LogP contribution in [0.15, 0.2) is 0 Å². The van der Waals surface area contributed by atoms with Gasteiger partial charge in [-0.1, -0.05) is 284 Å². The highest BCUT2D eigenvalue weighted by Crippen LogP contribution is 2.24. The zero-order valence-corrected chi connectivity index (χ0v) is 40.4. The van der Waals surface area contributed by atoms with Gasteiger partial charge in [0, 0.05) is 0 Å². The highest BCUT2D eigenvalue weighted by molar-refractivity contribution is 7.39. The Hall–Kier alpha value is 0.270. The highest BCUT2D eigenvalue weighted by Gasteiger charge is 2.06. The topological polar surface area (TPSA) is 52.9 Å². The van der Waals surface area contributed by atoms with Gasteiger partial charge in [0.25, 0.3) is 0 Å². The molecule has 0 aliphatic rings. The molecule has 0 unspecified atom stereocenters. The van der Waals surface area contributed by atoms with Gasteiger partial charge in [-0.25, -0.2) is 0 Å². The van der Waals surface area contributed by atoms with E-state index in [0.717, 1.165) is 12.8 Å². The lowest BCUT2D eigenvalue weighted by Gasteiger charge is -2.22. The van der Waals surface area contributed by atoms with Gasteiger partial charge in [-0.2, -0.15) is 0 Å². The van der Waals surface area contributed by atoms with E-state index in [4.69, 9.17) is 14.3 Å². The molecular weight excluding hydrogens is 718 g/mol. The van der Waals surface area contributed by atoms with Crippen molar-refractivity contribution in [2.24, 2.45) is 0 Å². The Kier molecular flexibility index (Phi) is 52.7. The summed E-state index contributed by atoms with van der Waals surface area (Å²) in [6, 6.07) is 0. The fourth-order valence-corrected chi connectivity index (χ4v) is 9.10. The van der Waals surface area contributed by atoms with E-state index in [-0.39, 0.29) is 0 Å². The molecule has 0 rings (SSSR count). The Bertz CT molecular complexity index is 658. The van der Waals surface area contributed by atoms with Crippen LogP contribution in [0.3, 0.4) is 0 Å². The molecule has 0 saturated carbocycles. The molecule has 0 spiro atoms. The first-order valence-corrected chi connectivity index (χ1v) is 27.9. The molecule has 0 aliphatic carbocycles. The summed E-state index contributed by atoms with van der Waals surface area (Å²) in [4.78, 5) is 20.4. The molecule has 0 amide bonds. The Morgan fingerprint density at radius 1 is 0.263 bits per heavy atom. The van der Waals surface area contributed by atoms with Gasteiger partial charge < -0.3 is 19.2 Å². The molecule has 344 valence electrons. The quantitative estimate of drug-likeness (QED) is 0.0474. The van der Waals surface area contributed by atoms with Crippen LogP contribution < -0.4 is 0 Å². The van der Waals surface area contributed by atoms with Gasteiger partial charge in [0.1, 0.15) is 0 Å². The van der Waals surface area contributed by atoms with Crippen molar-refractivity contribution in [3.63, 3.8) is 0 Å². The van der Waals surface area contributed by atoms with E-state index in [1.54, 1.807) is 0 Å². The first-order chi connectivity index (χ1) is 28.2. The van der Waals surface area contributed by atoms with E-state index in [1.165, 1.54) is 302 Å². The lowest BCUT2D eigenvalue weighted by atomic mass is 10.0. The maximum Gasteiger partial charge on any atom is 0.327 e.